The van der Waals surface area contributed by atoms with E-state index in [1.165, 1.54) is 6.07 Å². The van der Waals surface area contributed by atoms with Gasteiger partial charge in [-0.1, -0.05) is 22.0 Å². The van der Waals surface area contributed by atoms with Crippen LogP contribution in [0.5, 0.6) is 5.75 Å². The highest BCUT2D eigenvalue weighted by molar-refractivity contribution is 9.10. The second kappa shape index (κ2) is 5.54. The summed E-state index contributed by atoms with van der Waals surface area (Å²) in [5.74, 6) is -0.194. The van der Waals surface area contributed by atoms with Crippen molar-refractivity contribution in [3.05, 3.63) is 50.6 Å². The first-order valence-electron chi connectivity index (χ1n) is 5.34. The molecule has 1 N–H and O–H groups in total. The Morgan fingerprint density at radius 3 is 2.83 bits per heavy atom. The van der Waals surface area contributed by atoms with Crippen molar-refractivity contribution in [2.75, 3.05) is 7.05 Å². The lowest BCUT2D eigenvalue weighted by Gasteiger charge is -2.17. The van der Waals surface area contributed by atoms with Gasteiger partial charge in [0.05, 0.1) is 12.1 Å². The molecule has 5 heteroatoms. The van der Waals surface area contributed by atoms with Gasteiger partial charge in [-0.2, -0.15) is 0 Å². The maximum absolute atomic E-state index is 12.2. The number of carbonyl (C=O) groups excluding carboxylic acids is 1. The van der Waals surface area contributed by atoms with Crippen LogP contribution in [0.25, 0.3) is 0 Å². The van der Waals surface area contributed by atoms with Crippen LogP contribution < -0.4 is 0 Å². The first-order chi connectivity index (χ1) is 8.58. The monoisotopic (exact) mass is 325 g/mol. The molecule has 0 bridgehead atoms. The fourth-order valence-corrected chi connectivity index (χ4v) is 2.71. The van der Waals surface area contributed by atoms with Crippen LogP contribution in [0.15, 0.2) is 40.2 Å². The highest BCUT2D eigenvalue weighted by atomic mass is 79.9. The van der Waals surface area contributed by atoms with Crippen LogP contribution >= 0.6 is 27.3 Å². The molecule has 0 atom stereocenters. The van der Waals surface area contributed by atoms with Crippen molar-refractivity contribution in [2.24, 2.45) is 0 Å². The molecule has 0 aliphatic rings. The molecule has 0 radical (unpaired) electrons. The molecule has 0 fully saturated rings. The first kappa shape index (κ1) is 13.1. The van der Waals surface area contributed by atoms with E-state index in [1.54, 1.807) is 35.4 Å². The van der Waals surface area contributed by atoms with Crippen molar-refractivity contribution in [2.45, 2.75) is 6.54 Å². The van der Waals surface area contributed by atoms with Crippen molar-refractivity contribution in [3.63, 3.8) is 0 Å². The van der Waals surface area contributed by atoms with Gasteiger partial charge in [-0.15, -0.1) is 11.3 Å². The molecule has 0 aliphatic carbocycles. The van der Waals surface area contributed by atoms with Crippen molar-refractivity contribution in [1.82, 2.24) is 4.90 Å². The second-order valence-corrected chi connectivity index (χ2v) is 5.85. The number of hydrogen-bond acceptors (Lipinski definition) is 3. The molecule has 18 heavy (non-hydrogen) atoms. The summed E-state index contributed by atoms with van der Waals surface area (Å²) in [6, 6.07) is 8.82. The first-order valence-corrected chi connectivity index (χ1v) is 7.01. The summed E-state index contributed by atoms with van der Waals surface area (Å²) in [6.07, 6.45) is 0. The van der Waals surface area contributed by atoms with Crippen LogP contribution in [-0.2, 0) is 6.54 Å². The number of rotatable bonds is 3. The lowest BCUT2D eigenvalue weighted by Crippen LogP contribution is -2.25. The number of thiophene rings is 1. The molecule has 0 aliphatic heterocycles. The maximum Gasteiger partial charge on any atom is 0.257 e. The predicted molar refractivity (Wildman–Crippen MR) is 75.9 cm³/mol. The number of aromatic hydroxyl groups is 1. The largest absolute Gasteiger partial charge is 0.507 e. The van der Waals surface area contributed by atoms with E-state index < -0.39 is 0 Å². The van der Waals surface area contributed by atoms with E-state index in [1.807, 2.05) is 17.5 Å². The topological polar surface area (TPSA) is 40.5 Å². The average molecular weight is 326 g/mol. The molecule has 94 valence electrons. The maximum atomic E-state index is 12.2. The quantitative estimate of drug-likeness (QED) is 0.938. The second-order valence-electron chi connectivity index (χ2n) is 3.90. The van der Waals surface area contributed by atoms with Gasteiger partial charge < -0.3 is 10.0 Å². The number of benzene rings is 1. The van der Waals surface area contributed by atoms with E-state index in [4.69, 9.17) is 0 Å². The van der Waals surface area contributed by atoms with Crippen LogP contribution in [0.3, 0.4) is 0 Å². The van der Waals surface area contributed by atoms with Gasteiger partial charge >= 0.3 is 0 Å². The molecule has 1 aromatic heterocycles. The molecular weight excluding hydrogens is 314 g/mol. The molecule has 2 rings (SSSR count). The standard InChI is InChI=1S/C13H12BrNO2S/c1-15(8-10-3-2-6-18-10)13(17)11-5-4-9(14)7-12(11)16/h2-7,16H,8H2,1H3. The van der Waals surface area contributed by atoms with Gasteiger partial charge in [0, 0.05) is 16.4 Å². The van der Waals surface area contributed by atoms with Crippen molar-refractivity contribution in [3.8, 4) is 5.75 Å². The van der Waals surface area contributed by atoms with E-state index >= 15 is 0 Å². The molecule has 1 heterocycles. The molecular formula is C13H12BrNO2S. The van der Waals surface area contributed by atoms with Crippen LogP contribution in [0.2, 0.25) is 0 Å². The van der Waals surface area contributed by atoms with Gasteiger partial charge in [0.2, 0.25) is 0 Å². The molecule has 1 aromatic carbocycles. The summed E-state index contributed by atoms with van der Waals surface area (Å²) in [6.45, 7) is 0.548. The van der Waals surface area contributed by atoms with E-state index in [2.05, 4.69) is 15.9 Å². The molecule has 0 saturated heterocycles. The Labute approximate surface area is 118 Å². The number of nitrogens with zero attached hydrogens (tertiary/aromatic N) is 1. The minimum atomic E-state index is -0.187. The fraction of sp³-hybridized carbons (Fsp3) is 0.154. The van der Waals surface area contributed by atoms with Crippen LogP contribution in [0.1, 0.15) is 15.2 Å². The zero-order valence-electron chi connectivity index (χ0n) is 9.76. The van der Waals surface area contributed by atoms with E-state index in [0.29, 0.717) is 12.1 Å². The molecule has 3 nitrogen and oxygen atoms in total. The van der Waals surface area contributed by atoms with Gasteiger partial charge in [-0.05, 0) is 29.6 Å². The zero-order valence-corrected chi connectivity index (χ0v) is 12.2. The van der Waals surface area contributed by atoms with Crippen molar-refractivity contribution < 1.29 is 9.90 Å². The van der Waals surface area contributed by atoms with Crippen molar-refractivity contribution >= 4 is 33.2 Å². The van der Waals surface area contributed by atoms with Gasteiger partial charge in [0.15, 0.2) is 0 Å². The summed E-state index contributed by atoms with van der Waals surface area (Å²) < 4.78 is 0.748. The van der Waals surface area contributed by atoms with E-state index in [-0.39, 0.29) is 11.7 Å². The van der Waals surface area contributed by atoms with Crippen LogP contribution in [0, 0.1) is 0 Å². The smallest absolute Gasteiger partial charge is 0.257 e. The Kier molecular flexibility index (Phi) is 4.04. The predicted octanol–water partition coefficient (Wildman–Crippen LogP) is 3.49. The van der Waals surface area contributed by atoms with Gasteiger partial charge in [-0.25, -0.2) is 0 Å². The molecule has 0 saturated carbocycles. The average Bonchev–Trinajstić information content (AvgIpc) is 2.81. The summed E-state index contributed by atoms with van der Waals surface area (Å²) >= 11 is 4.85. The lowest BCUT2D eigenvalue weighted by atomic mass is 10.2. The minimum absolute atomic E-state index is 0.00703. The summed E-state index contributed by atoms with van der Waals surface area (Å²) in [5.41, 5.74) is 0.317. The fourth-order valence-electron chi connectivity index (χ4n) is 1.60. The summed E-state index contributed by atoms with van der Waals surface area (Å²) in [5, 5.41) is 11.7. The van der Waals surface area contributed by atoms with Gasteiger partial charge in [-0.3, -0.25) is 4.79 Å². The highest BCUT2D eigenvalue weighted by Gasteiger charge is 2.16. The normalized spacial score (nSPS) is 10.3. The Balaban J connectivity index is 2.15. The number of phenolic OH excluding ortho intramolecular Hbond substituents is 1. The highest BCUT2D eigenvalue weighted by Crippen LogP contribution is 2.24. The number of hydrogen-bond donors (Lipinski definition) is 1. The third-order valence-corrected chi connectivity index (χ3v) is 3.86. The van der Waals surface area contributed by atoms with Crippen LogP contribution in [-0.4, -0.2) is 23.0 Å². The Bertz CT molecular complexity index is 554. The molecule has 0 unspecified atom stereocenters. The Morgan fingerprint density at radius 2 is 2.22 bits per heavy atom. The number of carbonyl (C=O) groups is 1. The number of amides is 1. The SMILES string of the molecule is CN(Cc1cccs1)C(=O)c1ccc(Br)cc1O. The van der Waals surface area contributed by atoms with Crippen LogP contribution in [0.4, 0.5) is 0 Å². The number of phenols is 1. The third-order valence-electron chi connectivity index (χ3n) is 2.51. The number of halogens is 1. The molecule has 1 amide bonds. The Morgan fingerprint density at radius 1 is 1.44 bits per heavy atom. The van der Waals surface area contributed by atoms with Gasteiger partial charge in [0.1, 0.15) is 5.75 Å². The minimum Gasteiger partial charge on any atom is -0.507 e. The van der Waals surface area contributed by atoms with Gasteiger partial charge in [0.25, 0.3) is 5.91 Å². The third kappa shape index (κ3) is 2.91. The summed E-state index contributed by atoms with van der Waals surface area (Å²) in [7, 11) is 1.73. The van der Waals surface area contributed by atoms with Crippen molar-refractivity contribution in [1.29, 1.82) is 0 Å². The molecule has 0 spiro atoms. The molecule has 2 aromatic rings. The lowest BCUT2D eigenvalue weighted by molar-refractivity contribution is 0.0783. The van der Waals surface area contributed by atoms with E-state index in [9.17, 15) is 9.90 Å². The van der Waals surface area contributed by atoms with E-state index in [0.717, 1.165) is 9.35 Å². The summed E-state index contributed by atoms with van der Waals surface area (Å²) in [4.78, 5) is 14.9. The zero-order chi connectivity index (χ0) is 13.1. The Hall–Kier alpha value is -1.33.